The molecule has 3 nitrogen and oxygen atoms in total. The molecule has 4 rings (SSSR count). The molecule has 110 valence electrons. The molecule has 0 atom stereocenters. The van der Waals surface area contributed by atoms with Crippen LogP contribution < -0.4 is 0 Å². The van der Waals surface area contributed by atoms with E-state index in [2.05, 4.69) is 9.97 Å². The highest BCUT2D eigenvalue weighted by molar-refractivity contribution is 6.15. The molecule has 0 aliphatic carbocycles. The summed E-state index contributed by atoms with van der Waals surface area (Å²) < 4.78 is 0. The molecule has 2 heterocycles. The summed E-state index contributed by atoms with van der Waals surface area (Å²) in [4.78, 5) is 20.5. The Morgan fingerprint density at radius 1 is 0.826 bits per heavy atom. The fourth-order valence-electron chi connectivity index (χ4n) is 2.73. The van der Waals surface area contributed by atoms with E-state index in [1.807, 2.05) is 66.7 Å². The van der Waals surface area contributed by atoms with E-state index in [1.54, 1.807) is 12.3 Å². The molecule has 4 aromatic rings. The lowest BCUT2D eigenvalue weighted by molar-refractivity contribution is 0.103. The number of hydrogen-bond acceptors (Lipinski definition) is 2. The van der Waals surface area contributed by atoms with Gasteiger partial charge in [0.1, 0.15) is 5.69 Å². The van der Waals surface area contributed by atoms with Gasteiger partial charge in [0, 0.05) is 28.2 Å². The minimum absolute atomic E-state index is 0.0692. The monoisotopic (exact) mass is 298 g/mol. The number of aromatic nitrogens is 2. The van der Waals surface area contributed by atoms with Crippen LogP contribution in [-0.2, 0) is 0 Å². The van der Waals surface area contributed by atoms with Crippen LogP contribution in [0, 0.1) is 0 Å². The topological polar surface area (TPSA) is 45.8 Å². The Balaban J connectivity index is 1.77. The Labute approximate surface area is 133 Å². The largest absolute Gasteiger partial charge is 0.360 e. The van der Waals surface area contributed by atoms with Gasteiger partial charge >= 0.3 is 0 Å². The Bertz CT molecular complexity index is 987. The zero-order valence-electron chi connectivity index (χ0n) is 12.4. The maximum absolute atomic E-state index is 12.8. The molecule has 3 heteroatoms. The number of carbonyl (C=O) groups excluding carboxylic acids is 1. The fraction of sp³-hybridized carbons (Fsp3) is 0. The second kappa shape index (κ2) is 5.54. The van der Waals surface area contributed by atoms with Gasteiger partial charge in [0.2, 0.25) is 5.78 Å². The first-order valence-corrected chi connectivity index (χ1v) is 7.46. The molecule has 23 heavy (non-hydrogen) atoms. The van der Waals surface area contributed by atoms with Gasteiger partial charge in [-0.3, -0.25) is 4.79 Å². The molecule has 0 aliphatic heterocycles. The van der Waals surface area contributed by atoms with Crippen molar-refractivity contribution in [3.05, 3.63) is 90.3 Å². The average molecular weight is 298 g/mol. The van der Waals surface area contributed by atoms with E-state index in [1.165, 1.54) is 0 Å². The predicted molar refractivity (Wildman–Crippen MR) is 91.4 cm³/mol. The number of rotatable bonds is 3. The van der Waals surface area contributed by atoms with E-state index in [0.717, 1.165) is 22.2 Å². The third-order valence-electron chi connectivity index (χ3n) is 3.89. The highest BCUT2D eigenvalue weighted by atomic mass is 16.1. The smallest absolute Gasteiger partial charge is 0.213 e. The van der Waals surface area contributed by atoms with Crippen LogP contribution in [0.15, 0.2) is 79.0 Å². The van der Waals surface area contributed by atoms with Crippen LogP contribution in [0.1, 0.15) is 16.1 Å². The molecular formula is C20H14N2O. The fourth-order valence-corrected chi connectivity index (χ4v) is 2.73. The summed E-state index contributed by atoms with van der Waals surface area (Å²) in [7, 11) is 0. The number of carbonyl (C=O) groups is 1. The van der Waals surface area contributed by atoms with Gasteiger partial charge in [0.15, 0.2) is 0 Å². The van der Waals surface area contributed by atoms with Crippen molar-refractivity contribution >= 4 is 16.7 Å². The first-order chi connectivity index (χ1) is 11.3. The maximum atomic E-state index is 12.8. The van der Waals surface area contributed by atoms with Crippen LogP contribution in [0.3, 0.4) is 0 Å². The lowest BCUT2D eigenvalue weighted by Gasteiger charge is -2.04. The summed E-state index contributed by atoms with van der Waals surface area (Å²) in [6, 6.07) is 23.2. The highest BCUT2D eigenvalue weighted by Gasteiger charge is 2.15. The number of fused-ring (bicyclic) bond motifs is 1. The van der Waals surface area contributed by atoms with Crippen LogP contribution >= 0.6 is 0 Å². The van der Waals surface area contributed by atoms with Crippen molar-refractivity contribution in [3.8, 4) is 11.3 Å². The van der Waals surface area contributed by atoms with Crippen molar-refractivity contribution in [2.45, 2.75) is 0 Å². The van der Waals surface area contributed by atoms with Gasteiger partial charge in [0.25, 0.3) is 0 Å². The predicted octanol–water partition coefficient (Wildman–Crippen LogP) is 4.46. The quantitative estimate of drug-likeness (QED) is 0.567. The van der Waals surface area contributed by atoms with Crippen molar-refractivity contribution < 1.29 is 4.79 Å². The van der Waals surface area contributed by atoms with Gasteiger partial charge in [0.05, 0.1) is 5.69 Å². The number of H-pyrrole nitrogens is 1. The Kier molecular flexibility index (Phi) is 3.24. The molecule has 0 bridgehead atoms. The van der Waals surface area contributed by atoms with Gasteiger partial charge in [-0.05, 0) is 18.2 Å². The van der Waals surface area contributed by atoms with Gasteiger partial charge in [-0.2, -0.15) is 0 Å². The Hall–Kier alpha value is -3.20. The zero-order valence-corrected chi connectivity index (χ0v) is 12.4. The number of pyridine rings is 1. The number of hydrogen-bond donors (Lipinski definition) is 1. The van der Waals surface area contributed by atoms with Crippen LogP contribution in [0.25, 0.3) is 22.2 Å². The minimum Gasteiger partial charge on any atom is -0.360 e. The number of benzene rings is 2. The number of para-hydroxylation sites is 1. The van der Waals surface area contributed by atoms with Gasteiger partial charge in [-0.1, -0.05) is 54.6 Å². The van der Waals surface area contributed by atoms with Crippen LogP contribution in [-0.4, -0.2) is 15.8 Å². The van der Waals surface area contributed by atoms with E-state index < -0.39 is 0 Å². The first kappa shape index (κ1) is 13.5. The highest BCUT2D eigenvalue weighted by Crippen LogP contribution is 2.22. The molecule has 0 fully saturated rings. The van der Waals surface area contributed by atoms with Crippen molar-refractivity contribution in [3.63, 3.8) is 0 Å². The molecule has 2 aromatic carbocycles. The molecule has 2 aromatic heterocycles. The Morgan fingerprint density at radius 3 is 2.48 bits per heavy atom. The summed E-state index contributed by atoms with van der Waals surface area (Å²) in [5, 5.41) is 0.921. The molecule has 1 N–H and O–H groups in total. The summed E-state index contributed by atoms with van der Waals surface area (Å²) >= 11 is 0. The molecule has 0 amide bonds. The summed E-state index contributed by atoms with van der Waals surface area (Å²) in [5.74, 6) is -0.0692. The second-order valence-electron chi connectivity index (χ2n) is 5.35. The molecule has 0 radical (unpaired) electrons. The summed E-state index contributed by atoms with van der Waals surface area (Å²) in [6.07, 6.45) is 1.75. The number of nitrogens with one attached hydrogen (secondary N) is 1. The number of nitrogens with zero attached hydrogens (tertiary/aromatic N) is 1. The lowest BCUT2D eigenvalue weighted by Crippen LogP contribution is -2.04. The van der Waals surface area contributed by atoms with Crippen LogP contribution in [0.2, 0.25) is 0 Å². The summed E-state index contributed by atoms with van der Waals surface area (Å²) in [6.45, 7) is 0. The summed E-state index contributed by atoms with van der Waals surface area (Å²) in [5.41, 5.74) is 3.86. The van der Waals surface area contributed by atoms with E-state index in [9.17, 15) is 4.79 Å². The van der Waals surface area contributed by atoms with Crippen LogP contribution in [0.5, 0.6) is 0 Å². The van der Waals surface area contributed by atoms with Gasteiger partial charge in [-0.25, -0.2) is 4.98 Å². The standard InChI is InChI=1S/C20H14N2O/c23-20(16-13-21-18-10-5-4-9-15(16)18)19-12-6-11-17(22-19)14-7-2-1-3-8-14/h1-13,21H. The van der Waals surface area contributed by atoms with E-state index in [0.29, 0.717) is 11.3 Å². The Morgan fingerprint density at radius 2 is 1.61 bits per heavy atom. The van der Waals surface area contributed by atoms with Crippen molar-refractivity contribution in [2.75, 3.05) is 0 Å². The molecular weight excluding hydrogens is 284 g/mol. The van der Waals surface area contributed by atoms with Crippen LogP contribution in [0.4, 0.5) is 0 Å². The van der Waals surface area contributed by atoms with Gasteiger partial charge in [-0.15, -0.1) is 0 Å². The number of ketones is 1. The van der Waals surface area contributed by atoms with E-state index >= 15 is 0 Å². The third-order valence-corrected chi connectivity index (χ3v) is 3.89. The number of aromatic amines is 1. The molecule has 0 aliphatic rings. The maximum Gasteiger partial charge on any atom is 0.213 e. The third kappa shape index (κ3) is 2.42. The minimum atomic E-state index is -0.0692. The SMILES string of the molecule is O=C(c1cccc(-c2ccccc2)n1)c1c[nH]c2ccccc12. The van der Waals surface area contributed by atoms with E-state index in [4.69, 9.17) is 0 Å². The zero-order chi connectivity index (χ0) is 15.6. The molecule has 0 saturated carbocycles. The van der Waals surface area contributed by atoms with Crippen molar-refractivity contribution in [2.24, 2.45) is 0 Å². The normalized spacial score (nSPS) is 10.8. The van der Waals surface area contributed by atoms with Crippen molar-refractivity contribution in [1.29, 1.82) is 0 Å². The average Bonchev–Trinajstić information content (AvgIpc) is 3.06. The van der Waals surface area contributed by atoms with Crippen molar-refractivity contribution in [1.82, 2.24) is 9.97 Å². The lowest BCUT2D eigenvalue weighted by atomic mass is 10.1. The molecule has 0 unspecified atom stereocenters. The van der Waals surface area contributed by atoms with E-state index in [-0.39, 0.29) is 5.78 Å². The molecule has 0 saturated heterocycles. The van der Waals surface area contributed by atoms with Gasteiger partial charge < -0.3 is 4.98 Å². The molecule has 0 spiro atoms. The first-order valence-electron chi connectivity index (χ1n) is 7.46. The second-order valence-corrected chi connectivity index (χ2v) is 5.35.